The highest BCUT2D eigenvalue weighted by molar-refractivity contribution is 5.99. The maximum absolute atomic E-state index is 12.2. The molecule has 1 atom stereocenters. The van der Waals surface area contributed by atoms with Crippen LogP contribution in [0.3, 0.4) is 0 Å². The van der Waals surface area contributed by atoms with Crippen molar-refractivity contribution in [3.63, 3.8) is 0 Å². The molecule has 1 aliphatic heterocycles. The lowest BCUT2D eigenvalue weighted by Crippen LogP contribution is -2.26. The van der Waals surface area contributed by atoms with Gasteiger partial charge < -0.3 is 10.6 Å². The van der Waals surface area contributed by atoms with E-state index in [0.29, 0.717) is 12.5 Å². The number of nitrogens with one attached hydrogen (secondary N) is 2. The van der Waals surface area contributed by atoms with E-state index < -0.39 is 0 Å². The first kappa shape index (κ1) is 19.7. The number of benzene rings is 1. The van der Waals surface area contributed by atoms with E-state index in [0.717, 1.165) is 36.2 Å². The van der Waals surface area contributed by atoms with Gasteiger partial charge >= 0.3 is 0 Å². The van der Waals surface area contributed by atoms with Gasteiger partial charge in [0.2, 0.25) is 5.91 Å². The number of hydrogen-bond donors (Lipinski definition) is 2. The Balaban J connectivity index is 0.00000264. The fourth-order valence-corrected chi connectivity index (χ4v) is 2.86. The van der Waals surface area contributed by atoms with Gasteiger partial charge in [0.25, 0.3) is 0 Å². The molecule has 2 rings (SSSR count). The summed E-state index contributed by atoms with van der Waals surface area (Å²) >= 11 is 0. The van der Waals surface area contributed by atoms with Crippen molar-refractivity contribution < 1.29 is 9.59 Å². The standard InChI is InChI=1S/C18H26N2O2.ClH/c1-13-3-4-14(2)16(11-13)17(21)5-6-18(22)20-10-8-15-7-9-19-12-15;/h3-4,11,15,19H,5-10,12H2,1-2H3,(H,20,22);1H. The molecule has 1 amide bonds. The van der Waals surface area contributed by atoms with Gasteiger partial charge in [0.1, 0.15) is 0 Å². The van der Waals surface area contributed by atoms with Crippen LogP contribution in [-0.2, 0) is 4.79 Å². The average molecular weight is 339 g/mol. The summed E-state index contributed by atoms with van der Waals surface area (Å²) < 4.78 is 0. The highest BCUT2D eigenvalue weighted by atomic mass is 35.5. The van der Waals surface area contributed by atoms with Crippen molar-refractivity contribution in [2.24, 2.45) is 5.92 Å². The number of Topliss-reactive ketones (excluding diaryl/α,β-unsaturated/α-hetero) is 1. The summed E-state index contributed by atoms with van der Waals surface area (Å²) in [5.74, 6) is 0.706. The van der Waals surface area contributed by atoms with Crippen LogP contribution in [0, 0.1) is 19.8 Å². The van der Waals surface area contributed by atoms with Crippen LogP contribution < -0.4 is 10.6 Å². The van der Waals surface area contributed by atoms with Crippen molar-refractivity contribution in [1.82, 2.24) is 10.6 Å². The van der Waals surface area contributed by atoms with Gasteiger partial charge in [0, 0.05) is 24.9 Å². The van der Waals surface area contributed by atoms with Gasteiger partial charge in [-0.2, -0.15) is 0 Å². The van der Waals surface area contributed by atoms with Crippen LogP contribution in [0.25, 0.3) is 0 Å². The number of ketones is 1. The van der Waals surface area contributed by atoms with Crippen molar-refractivity contribution >= 4 is 24.1 Å². The zero-order valence-electron chi connectivity index (χ0n) is 14.0. The van der Waals surface area contributed by atoms with Crippen molar-refractivity contribution in [3.8, 4) is 0 Å². The topological polar surface area (TPSA) is 58.2 Å². The van der Waals surface area contributed by atoms with E-state index in [9.17, 15) is 9.59 Å². The van der Waals surface area contributed by atoms with Crippen LogP contribution in [0.5, 0.6) is 0 Å². The molecule has 128 valence electrons. The lowest BCUT2D eigenvalue weighted by Gasteiger charge is -2.10. The summed E-state index contributed by atoms with van der Waals surface area (Å²) in [6, 6.07) is 5.86. The monoisotopic (exact) mass is 338 g/mol. The maximum Gasteiger partial charge on any atom is 0.220 e. The summed E-state index contributed by atoms with van der Waals surface area (Å²) in [7, 11) is 0. The van der Waals surface area contributed by atoms with Crippen LogP contribution in [0.4, 0.5) is 0 Å². The fourth-order valence-electron chi connectivity index (χ4n) is 2.86. The normalized spacial score (nSPS) is 16.7. The Bertz CT molecular complexity index is 540. The van der Waals surface area contributed by atoms with E-state index in [-0.39, 0.29) is 36.9 Å². The van der Waals surface area contributed by atoms with E-state index in [2.05, 4.69) is 10.6 Å². The Morgan fingerprint density at radius 1 is 1.26 bits per heavy atom. The van der Waals surface area contributed by atoms with Crippen LogP contribution in [0.1, 0.15) is 47.2 Å². The molecule has 0 aromatic heterocycles. The molecule has 23 heavy (non-hydrogen) atoms. The van der Waals surface area contributed by atoms with E-state index >= 15 is 0 Å². The summed E-state index contributed by atoms with van der Waals surface area (Å²) in [4.78, 5) is 24.0. The molecule has 1 aliphatic rings. The van der Waals surface area contributed by atoms with Gasteiger partial charge in [-0.15, -0.1) is 12.4 Å². The number of rotatable bonds is 7. The highest BCUT2D eigenvalue weighted by Crippen LogP contribution is 2.14. The van der Waals surface area contributed by atoms with Gasteiger partial charge in [-0.05, 0) is 57.3 Å². The summed E-state index contributed by atoms with van der Waals surface area (Å²) in [6.45, 7) is 6.76. The van der Waals surface area contributed by atoms with Crippen LogP contribution in [-0.4, -0.2) is 31.3 Å². The number of halogens is 1. The second-order valence-corrected chi connectivity index (χ2v) is 6.24. The number of carbonyl (C=O) groups is 2. The minimum atomic E-state index is -0.0235. The Kier molecular flexibility index (Phi) is 8.28. The molecule has 4 nitrogen and oxygen atoms in total. The van der Waals surface area contributed by atoms with Crippen molar-refractivity contribution in [2.45, 2.75) is 39.5 Å². The summed E-state index contributed by atoms with van der Waals surface area (Å²) in [5, 5.41) is 6.24. The van der Waals surface area contributed by atoms with Gasteiger partial charge in [-0.3, -0.25) is 9.59 Å². The minimum Gasteiger partial charge on any atom is -0.356 e. The molecule has 1 heterocycles. The van der Waals surface area contributed by atoms with E-state index in [1.165, 1.54) is 6.42 Å². The van der Waals surface area contributed by atoms with E-state index in [1.807, 2.05) is 32.0 Å². The van der Waals surface area contributed by atoms with Crippen LogP contribution in [0.15, 0.2) is 18.2 Å². The average Bonchev–Trinajstić information content (AvgIpc) is 3.00. The van der Waals surface area contributed by atoms with Crippen molar-refractivity contribution in [2.75, 3.05) is 19.6 Å². The molecule has 0 saturated carbocycles. The van der Waals surface area contributed by atoms with E-state index in [1.54, 1.807) is 0 Å². The predicted octanol–water partition coefficient (Wildman–Crippen LogP) is 2.80. The number of carbonyl (C=O) groups excluding carboxylic acids is 2. The molecule has 2 N–H and O–H groups in total. The molecule has 1 aromatic rings. The first-order valence-corrected chi connectivity index (χ1v) is 8.14. The Labute approximate surface area is 144 Å². The summed E-state index contributed by atoms with van der Waals surface area (Å²) in [6.07, 6.45) is 2.76. The fraction of sp³-hybridized carbons (Fsp3) is 0.556. The van der Waals surface area contributed by atoms with Crippen molar-refractivity contribution in [3.05, 3.63) is 34.9 Å². The molecule has 5 heteroatoms. The molecule has 1 unspecified atom stereocenters. The second kappa shape index (κ2) is 9.68. The molecule has 0 bridgehead atoms. The van der Waals surface area contributed by atoms with Crippen molar-refractivity contribution in [1.29, 1.82) is 0 Å². The zero-order chi connectivity index (χ0) is 15.9. The van der Waals surface area contributed by atoms with Gasteiger partial charge in [-0.1, -0.05) is 17.7 Å². The largest absolute Gasteiger partial charge is 0.356 e. The van der Waals surface area contributed by atoms with Gasteiger partial charge in [-0.25, -0.2) is 0 Å². The number of hydrogen-bond acceptors (Lipinski definition) is 3. The number of amides is 1. The minimum absolute atomic E-state index is 0. The highest BCUT2D eigenvalue weighted by Gasteiger charge is 2.15. The molecular weight excluding hydrogens is 312 g/mol. The first-order valence-electron chi connectivity index (χ1n) is 8.14. The molecular formula is C18H27ClN2O2. The lowest BCUT2D eigenvalue weighted by molar-refractivity contribution is -0.121. The SMILES string of the molecule is Cc1ccc(C)c(C(=O)CCC(=O)NCCC2CCNC2)c1.Cl. The Morgan fingerprint density at radius 3 is 2.74 bits per heavy atom. The van der Waals surface area contributed by atoms with Crippen LogP contribution >= 0.6 is 12.4 Å². The third-order valence-electron chi connectivity index (χ3n) is 4.31. The molecule has 0 aliphatic carbocycles. The molecule has 1 aromatic carbocycles. The zero-order valence-corrected chi connectivity index (χ0v) is 14.8. The Hall–Kier alpha value is -1.39. The third-order valence-corrected chi connectivity index (χ3v) is 4.31. The summed E-state index contributed by atoms with van der Waals surface area (Å²) in [5.41, 5.74) is 2.79. The quantitative estimate of drug-likeness (QED) is 0.752. The third kappa shape index (κ3) is 6.32. The van der Waals surface area contributed by atoms with Gasteiger partial charge in [0.05, 0.1) is 0 Å². The van der Waals surface area contributed by atoms with Crippen LogP contribution in [0.2, 0.25) is 0 Å². The molecule has 0 spiro atoms. The molecule has 1 fully saturated rings. The number of aryl methyl sites for hydroxylation is 2. The smallest absolute Gasteiger partial charge is 0.220 e. The van der Waals surface area contributed by atoms with E-state index in [4.69, 9.17) is 0 Å². The molecule has 1 saturated heterocycles. The molecule has 0 radical (unpaired) electrons. The maximum atomic E-state index is 12.2. The van der Waals surface area contributed by atoms with Gasteiger partial charge in [0.15, 0.2) is 5.78 Å². The first-order chi connectivity index (χ1) is 10.6. The predicted molar refractivity (Wildman–Crippen MR) is 95.3 cm³/mol. The Morgan fingerprint density at radius 2 is 2.04 bits per heavy atom. The second-order valence-electron chi connectivity index (χ2n) is 6.24. The lowest BCUT2D eigenvalue weighted by atomic mass is 9.99.